The fraction of sp³-hybridized carbons (Fsp3) is 0.0526. The molecule has 0 saturated heterocycles. The van der Waals surface area contributed by atoms with Gasteiger partial charge >= 0.3 is 0 Å². The first-order valence-corrected chi connectivity index (χ1v) is 7.99. The van der Waals surface area contributed by atoms with Gasteiger partial charge in [-0.25, -0.2) is 9.37 Å². The molecular formula is C19H15ClFN3O. The van der Waals surface area contributed by atoms with Gasteiger partial charge in [-0.3, -0.25) is 4.79 Å². The van der Waals surface area contributed by atoms with Crippen LogP contribution in [-0.2, 0) is 6.54 Å². The van der Waals surface area contributed by atoms with Crippen molar-refractivity contribution in [3.05, 3.63) is 89.0 Å². The van der Waals surface area contributed by atoms with E-state index in [4.69, 9.17) is 11.6 Å². The molecule has 0 unspecified atom stereocenters. The molecule has 0 aliphatic rings. The van der Waals surface area contributed by atoms with Gasteiger partial charge in [0.2, 0.25) is 0 Å². The number of pyridine rings is 1. The number of benzene rings is 2. The molecule has 0 radical (unpaired) electrons. The van der Waals surface area contributed by atoms with E-state index in [0.717, 1.165) is 11.3 Å². The summed E-state index contributed by atoms with van der Waals surface area (Å²) in [7, 11) is 0. The summed E-state index contributed by atoms with van der Waals surface area (Å²) in [5.41, 5.74) is 2.75. The molecule has 0 atom stereocenters. The lowest BCUT2D eigenvalue weighted by Crippen LogP contribution is -2.12. The number of aromatic nitrogens is 1. The van der Waals surface area contributed by atoms with E-state index in [2.05, 4.69) is 15.6 Å². The van der Waals surface area contributed by atoms with Crippen LogP contribution < -0.4 is 10.6 Å². The molecular weight excluding hydrogens is 341 g/mol. The van der Waals surface area contributed by atoms with Crippen LogP contribution in [0.5, 0.6) is 0 Å². The van der Waals surface area contributed by atoms with Crippen molar-refractivity contribution in [1.29, 1.82) is 0 Å². The molecule has 126 valence electrons. The molecule has 0 aliphatic heterocycles. The number of carbonyl (C=O) groups excluding carboxylic acids is 1. The van der Waals surface area contributed by atoms with E-state index in [9.17, 15) is 9.18 Å². The zero-order valence-electron chi connectivity index (χ0n) is 13.2. The van der Waals surface area contributed by atoms with Crippen molar-refractivity contribution in [2.75, 3.05) is 10.6 Å². The molecule has 0 spiro atoms. The predicted octanol–water partition coefficient (Wildman–Crippen LogP) is 4.74. The van der Waals surface area contributed by atoms with E-state index in [-0.39, 0.29) is 11.5 Å². The third-order valence-electron chi connectivity index (χ3n) is 3.49. The second-order valence-corrected chi connectivity index (χ2v) is 5.77. The zero-order chi connectivity index (χ0) is 17.6. The maximum Gasteiger partial charge on any atom is 0.255 e. The van der Waals surface area contributed by atoms with Crippen molar-refractivity contribution >= 4 is 28.9 Å². The highest BCUT2D eigenvalue weighted by atomic mass is 35.5. The molecule has 4 nitrogen and oxygen atoms in total. The number of halogens is 2. The van der Waals surface area contributed by atoms with Crippen LogP contribution in [0.15, 0.2) is 66.9 Å². The summed E-state index contributed by atoms with van der Waals surface area (Å²) < 4.78 is 13.2. The van der Waals surface area contributed by atoms with Gasteiger partial charge in [0.25, 0.3) is 5.91 Å². The summed E-state index contributed by atoms with van der Waals surface area (Å²) in [5.74, 6) is -0.799. The highest BCUT2D eigenvalue weighted by molar-refractivity contribution is 6.29. The number of hydrogen-bond donors (Lipinski definition) is 2. The Kier molecular flexibility index (Phi) is 5.26. The van der Waals surface area contributed by atoms with Crippen molar-refractivity contribution in [3.8, 4) is 0 Å². The van der Waals surface area contributed by atoms with Crippen LogP contribution >= 0.6 is 11.6 Å². The smallest absolute Gasteiger partial charge is 0.255 e. The van der Waals surface area contributed by atoms with E-state index < -0.39 is 5.82 Å². The summed E-state index contributed by atoms with van der Waals surface area (Å²) in [6.45, 7) is 0.560. The number of rotatable bonds is 5. The SMILES string of the molecule is O=C(Nc1cccc(CNc2ccnc(Cl)c2)c1)c1cccc(F)c1. The number of carbonyl (C=O) groups is 1. The van der Waals surface area contributed by atoms with Gasteiger partial charge in [0.15, 0.2) is 0 Å². The van der Waals surface area contributed by atoms with Crippen molar-refractivity contribution in [2.45, 2.75) is 6.54 Å². The van der Waals surface area contributed by atoms with Crippen LogP contribution in [0.25, 0.3) is 0 Å². The van der Waals surface area contributed by atoms with Gasteiger partial charge in [-0.1, -0.05) is 29.8 Å². The molecule has 6 heteroatoms. The summed E-state index contributed by atoms with van der Waals surface area (Å²) >= 11 is 5.85. The Hall–Kier alpha value is -2.92. The Labute approximate surface area is 149 Å². The van der Waals surface area contributed by atoms with Gasteiger partial charge in [0, 0.05) is 29.7 Å². The Morgan fingerprint density at radius 1 is 1.04 bits per heavy atom. The number of nitrogens with zero attached hydrogens (tertiary/aromatic N) is 1. The van der Waals surface area contributed by atoms with E-state index in [0.29, 0.717) is 17.4 Å². The Bertz CT molecular complexity index is 901. The van der Waals surface area contributed by atoms with Crippen LogP contribution in [0.4, 0.5) is 15.8 Å². The summed E-state index contributed by atoms with van der Waals surface area (Å²) in [5, 5.41) is 6.42. The van der Waals surface area contributed by atoms with Gasteiger partial charge in [0.1, 0.15) is 11.0 Å². The van der Waals surface area contributed by atoms with E-state index >= 15 is 0 Å². The van der Waals surface area contributed by atoms with Crippen molar-refractivity contribution in [2.24, 2.45) is 0 Å². The number of amides is 1. The van der Waals surface area contributed by atoms with Crippen LogP contribution in [0, 0.1) is 5.82 Å². The van der Waals surface area contributed by atoms with Crippen molar-refractivity contribution in [3.63, 3.8) is 0 Å². The lowest BCUT2D eigenvalue weighted by molar-refractivity contribution is 0.102. The van der Waals surface area contributed by atoms with Crippen molar-refractivity contribution in [1.82, 2.24) is 4.98 Å². The van der Waals surface area contributed by atoms with Gasteiger partial charge in [-0.05, 0) is 48.0 Å². The second kappa shape index (κ2) is 7.77. The maximum atomic E-state index is 13.2. The van der Waals surface area contributed by atoms with E-state index in [1.54, 1.807) is 24.4 Å². The molecule has 0 aliphatic carbocycles. The molecule has 0 bridgehead atoms. The van der Waals surface area contributed by atoms with Crippen LogP contribution in [0.2, 0.25) is 5.15 Å². The number of hydrogen-bond acceptors (Lipinski definition) is 3. The summed E-state index contributed by atoms with van der Waals surface area (Å²) in [4.78, 5) is 16.1. The summed E-state index contributed by atoms with van der Waals surface area (Å²) in [6.07, 6.45) is 1.63. The van der Waals surface area contributed by atoms with E-state index in [1.807, 2.05) is 24.3 Å². The lowest BCUT2D eigenvalue weighted by Gasteiger charge is -2.09. The van der Waals surface area contributed by atoms with Crippen LogP contribution in [0.3, 0.4) is 0 Å². The first kappa shape index (κ1) is 16.9. The molecule has 1 amide bonds. The second-order valence-electron chi connectivity index (χ2n) is 5.39. The average molecular weight is 356 g/mol. The van der Waals surface area contributed by atoms with Crippen LogP contribution in [0.1, 0.15) is 15.9 Å². The quantitative estimate of drug-likeness (QED) is 0.650. The highest BCUT2D eigenvalue weighted by Gasteiger charge is 2.07. The molecule has 0 fully saturated rings. The largest absolute Gasteiger partial charge is 0.381 e. The maximum absolute atomic E-state index is 13.2. The van der Waals surface area contributed by atoms with Crippen molar-refractivity contribution < 1.29 is 9.18 Å². The number of nitrogens with one attached hydrogen (secondary N) is 2. The lowest BCUT2D eigenvalue weighted by atomic mass is 10.1. The highest BCUT2D eigenvalue weighted by Crippen LogP contribution is 2.16. The first-order valence-electron chi connectivity index (χ1n) is 7.61. The Morgan fingerprint density at radius 2 is 1.88 bits per heavy atom. The van der Waals surface area contributed by atoms with Gasteiger partial charge in [0.05, 0.1) is 0 Å². The third-order valence-corrected chi connectivity index (χ3v) is 3.70. The zero-order valence-corrected chi connectivity index (χ0v) is 13.9. The normalized spacial score (nSPS) is 10.3. The minimum Gasteiger partial charge on any atom is -0.381 e. The van der Waals surface area contributed by atoms with Crippen LogP contribution in [-0.4, -0.2) is 10.9 Å². The molecule has 1 heterocycles. The summed E-state index contributed by atoms with van der Waals surface area (Å²) in [6, 6.07) is 16.5. The molecule has 3 aromatic rings. The van der Waals surface area contributed by atoms with E-state index in [1.165, 1.54) is 18.2 Å². The molecule has 25 heavy (non-hydrogen) atoms. The molecule has 3 rings (SSSR count). The third kappa shape index (κ3) is 4.78. The Balaban J connectivity index is 1.66. The topological polar surface area (TPSA) is 54.0 Å². The molecule has 2 N–H and O–H groups in total. The average Bonchev–Trinajstić information content (AvgIpc) is 2.60. The first-order chi connectivity index (χ1) is 12.1. The molecule has 0 saturated carbocycles. The standard InChI is InChI=1S/C19H15ClFN3O/c20-18-11-16(7-8-22-18)23-12-13-3-1-6-17(9-13)24-19(25)14-4-2-5-15(21)10-14/h1-11H,12H2,(H,22,23)(H,24,25). The molecule has 1 aromatic heterocycles. The van der Waals surface area contributed by atoms with Gasteiger partial charge in [-0.2, -0.15) is 0 Å². The fourth-order valence-electron chi connectivity index (χ4n) is 2.31. The van der Waals surface area contributed by atoms with Gasteiger partial charge in [-0.15, -0.1) is 0 Å². The minimum atomic E-state index is -0.443. The van der Waals surface area contributed by atoms with Gasteiger partial charge < -0.3 is 10.6 Å². The molecule has 2 aromatic carbocycles. The predicted molar refractivity (Wildman–Crippen MR) is 97.4 cm³/mol. The number of anilines is 2. The minimum absolute atomic E-state index is 0.273. The Morgan fingerprint density at radius 3 is 2.68 bits per heavy atom. The monoisotopic (exact) mass is 355 g/mol. The fourth-order valence-corrected chi connectivity index (χ4v) is 2.48.